The van der Waals surface area contributed by atoms with Gasteiger partial charge in [-0.2, -0.15) is 0 Å². The number of rotatable bonds is 1. The van der Waals surface area contributed by atoms with E-state index in [0.717, 1.165) is 62.9 Å². The van der Waals surface area contributed by atoms with Gasteiger partial charge < -0.3 is 14.5 Å². The lowest BCUT2D eigenvalue weighted by atomic mass is 9.49. The third-order valence-electron chi connectivity index (χ3n) is 8.27. The van der Waals surface area contributed by atoms with Crippen molar-refractivity contribution < 1.29 is 14.3 Å². The highest BCUT2D eigenvalue weighted by molar-refractivity contribution is 5.83. The molecule has 0 spiro atoms. The molecule has 4 aliphatic carbocycles. The Morgan fingerprint density at radius 1 is 0.929 bits per heavy atom. The second-order valence-electron chi connectivity index (χ2n) is 11.5. The van der Waals surface area contributed by atoms with Crippen molar-refractivity contribution in [3.63, 3.8) is 0 Å². The SMILES string of the molecule is CC(C)(C)OC(=O)N1CCC2CCN(C(=O)C34CC5CC(CC(C5)C3)C4)CC21. The van der Waals surface area contributed by atoms with Gasteiger partial charge in [0.2, 0.25) is 5.91 Å². The summed E-state index contributed by atoms with van der Waals surface area (Å²) in [5, 5.41) is 0. The van der Waals surface area contributed by atoms with Gasteiger partial charge in [-0.3, -0.25) is 4.79 Å². The van der Waals surface area contributed by atoms with Gasteiger partial charge in [0.15, 0.2) is 0 Å². The quantitative estimate of drug-likeness (QED) is 0.681. The zero-order valence-corrected chi connectivity index (χ0v) is 17.8. The fourth-order valence-electron chi connectivity index (χ4n) is 7.58. The predicted octanol–water partition coefficient (Wildman–Crippen LogP) is 4.06. The maximum atomic E-state index is 13.7. The molecular weight excluding hydrogens is 352 g/mol. The Morgan fingerprint density at radius 3 is 2.07 bits per heavy atom. The number of hydrogen-bond acceptors (Lipinski definition) is 3. The second-order valence-corrected chi connectivity index (χ2v) is 11.5. The molecule has 0 radical (unpaired) electrons. The van der Waals surface area contributed by atoms with Crippen LogP contribution in [0.3, 0.4) is 0 Å². The summed E-state index contributed by atoms with van der Waals surface area (Å²) in [6.07, 6.45) is 9.33. The Bertz CT molecular complexity index is 632. The van der Waals surface area contributed by atoms with Gasteiger partial charge in [0.1, 0.15) is 5.60 Å². The number of ether oxygens (including phenoxy) is 1. The average molecular weight is 389 g/mol. The van der Waals surface area contributed by atoms with Gasteiger partial charge in [0.05, 0.1) is 11.5 Å². The summed E-state index contributed by atoms with van der Waals surface area (Å²) in [7, 11) is 0. The molecule has 5 nitrogen and oxygen atoms in total. The molecule has 156 valence electrons. The molecule has 28 heavy (non-hydrogen) atoms. The summed E-state index contributed by atoms with van der Waals surface area (Å²) in [6, 6.07) is 0.140. The average Bonchev–Trinajstić information content (AvgIpc) is 3.01. The van der Waals surface area contributed by atoms with E-state index in [-0.39, 0.29) is 17.6 Å². The van der Waals surface area contributed by atoms with Gasteiger partial charge >= 0.3 is 6.09 Å². The van der Waals surface area contributed by atoms with E-state index in [4.69, 9.17) is 4.74 Å². The third kappa shape index (κ3) is 3.13. The minimum absolute atomic E-state index is 0.0725. The molecule has 0 aromatic heterocycles. The molecule has 0 aromatic carbocycles. The summed E-state index contributed by atoms with van der Waals surface area (Å²) in [5.41, 5.74) is -0.546. The van der Waals surface area contributed by atoms with E-state index in [2.05, 4.69) is 4.90 Å². The molecule has 6 aliphatic rings. The summed E-state index contributed by atoms with van der Waals surface area (Å²) < 4.78 is 5.65. The van der Waals surface area contributed by atoms with Crippen LogP contribution < -0.4 is 0 Å². The van der Waals surface area contributed by atoms with Crippen molar-refractivity contribution in [2.24, 2.45) is 29.1 Å². The zero-order chi connectivity index (χ0) is 19.7. The van der Waals surface area contributed by atoms with Gasteiger partial charge in [-0.05, 0) is 95.8 Å². The summed E-state index contributed by atoms with van der Waals surface area (Å²) in [6.45, 7) is 8.12. The van der Waals surface area contributed by atoms with Crippen LogP contribution in [0.4, 0.5) is 4.79 Å². The van der Waals surface area contributed by atoms with Gasteiger partial charge in [0.25, 0.3) is 0 Å². The van der Waals surface area contributed by atoms with Crippen molar-refractivity contribution in [2.75, 3.05) is 19.6 Å². The van der Waals surface area contributed by atoms with E-state index in [1.165, 1.54) is 19.3 Å². The van der Waals surface area contributed by atoms with Gasteiger partial charge in [-0.25, -0.2) is 4.79 Å². The van der Waals surface area contributed by atoms with Gasteiger partial charge in [-0.1, -0.05) is 0 Å². The van der Waals surface area contributed by atoms with E-state index in [0.29, 0.717) is 18.4 Å². The topological polar surface area (TPSA) is 49.9 Å². The lowest BCUT2D eigenvalue weighted by Gasteiger charge is -2.57. The second kappa shape index (κ2) is 6.37. The molecule has 6 rings (SSSR count). The Morgan fingerprint density at radius 2 is 1.50 bits per heavy atom. The highest BCUT2D eigenvalue weighted by Gasteiger charge is 2.56. The largest absolute Gasteiger partial charge is 0.444 e. The molecular formula is C23H36N2O3. The van der Waals surface area contributed by atoms with Crippen molar-refractivity contribution in [2.45, 2.75) is 83.8 Å². The maximum absolute atomic E-state index is 13.7. The van der Waals surface area contributed by atoms with E-state index in [9.17, 15) is 9.59 Å². The van der Waals surface area contributed by atoms with Crippen molar-refractivity contribution >= 4 is 12.0 Å². The monoisotopic (exact) mass is 388 g/mol. The summed E-state index contributed by atoms with van der Waals surface area (Å²) >= 11 is 0. The molecule has 2 aliphatic heterocycles. The van der Waals surface area contributed by atoms with E-state index < -0.39 is 5.60 Å². The number of fused-ring (bicyclic) bond motifs is 1. The van der Waals surface area contributed by atoms with Crippen molar-refractivity contribution in [1.29, 1.82) is 0 Å². The minimum Gasteiger partial charge on any atom is -0.444 e. The van der Waals surface area contributed by atoms with Crippen LogP contribution in [-0.4, -0.2) is 53.1 Å². The molecule has 2 saturated heterocycles. The van der Waals surface area contributed by atoms with Crippen LogP contribution in [-0.2, 0) is 9.53 Å². The van der Waals surface area contributed by atoms with E-state index in [1.54, 1.807) is 0 Å². The molecule has 5 heteroatoms. The molecule has 0 N–H and O–H groups in total. The van der Waals surface area contributed by atoms with Crippen molar-refractivity contribution in [3.05, 3.63) is 0 Å². The smallest absolute Gasteiger partial charge is 0.410 e. The molecule has 2 heterocycles. The van der Waals surface area contributed by atoms with Crippen LogP contribution in [0.5, 0.6) is 0 Å². The molecule has 2 unspecified atom stereocenters. The normalized spacial score (nSPS) is 41.9. The maximum Gasteiger partial charge on any atom is 0.410 e. The molecule has 6 fully saturated rings. The van der Waals surface area contributed by atoms with Crippen LogP contribution in [0.1, 0.15) is 72.1 Å². The lowest BCUT2D eigenvalue weighted by molar-refractivity contribution is -0.160. The number of likely N-dealkylation sites (tertiary alicyclic amines) is 2. The molecule has 2 amide bonds. The lowest BCUT2D eigenvalue weighted by Crippen LogP contribution is -2.59. The summed E-state index contributed by atoms with van der Waals surface area (Å²) in [5.74, 6) is 3.31. The molecule has 0 aromatic rings. The van der Waals surface area contributed by atoms with Gasteiger partial charge in [0, 0.05) is 19.6 Å². The Kier molecular flexibility index (Phi) is 4.26. The standard InChI is InChI=1S/C23H36N2O3/c1-22(2,3)28-21(27)25-7-5-18-4-6-24(14-19(18)25)20(26)23-11-15-8-16(12-23)10-17(9-15)13-23/h15-19H,4-14H2,1-3H3. The first kappa shape index (κ1) is 18.7. The van der Waals surface area contributed by atoms with Crippen LogP contribution in [0.15, 0.2) is 0 Å². The van der Waals surface area contributed by atoms with Crippen molar-refractivity contribution in [3.8, 4) is 0 Å². The number of carbonyl (C=O) groups is 2. The first-order valence-electron chi connectivity index (χ1n) is 11.5. The first-order chi connectivity index (χ1) is 13.2. The third-order valence-corrected chi connectivity index (χ3v) is 8.27. The Hall–Kier alpha value is -1.26. The fourth-order valence-corrected chi connectivity index (χ4v) is 7.58. The van der Waals surface area contributed by atoms with E-state index in [1.807, 2.05) is 25.7 Å². The summed E-state index contributed by atoms with van der Waals surface area (Å²) in [4.78, 5) is 30.5. The fraction of sp³-hybridized carbons (Fsp3) is 0.913. The first-order valence-corrected chi connectivity index (χ1v) is 11.5. The van der Waals surface area contributed by atoms with Crippen LogP contribution in [0.2, 0.25) is 0 Å². The van der Waals surface area contributed by atoms with E-state index >= 15 is 0 Å². The van der Waals surface area contributed by atoms with Crippen LogP contribution in [0.25, 0.3) is 0 Å². The number of hydrogen-bond donors (Lipinski definition) is 0. The number of piperidine rings is 1. The number of amides is 2. The number of carbonyl (C=O) groups excluding carboxylic acids is 2. The Labute approximate surface area is 169 Å². The predicted molar refractivity (Wildman–Crippen MR) is 107 cm³/mol. The highest BCUT2D eigenvalue weighted by Crippen LogP contribution is 2.60. The zero-order valence-electron chi connectivity index (χ0n) is 17.8. The number of nitrogens with zero attached hydrogens (tertiary/aromatic N) is 2. The van der Waals surface area contributed by atoms with Crippen LogP contribution in [0, 0.1) is 29.1 Å². The highest BCUT2D eigenvalue weighted by atomic mass is 16.6. The molecule has 2 atom stereocenters. The van der Waals surface area contributed by atoms with Gasteiger partial charge in [-0.15, -0.1) is 0 Å². The minimum atomic E-state index is -0.474. The molecule has 4 bridgehead atoms. The molecule has 4 saturated carbocycles. The van der Waals surface area contributed by atoms with Crippen molar-refractivity contribution in [1.82, 2.24) is 9.80 Å². The Balaban J connectivity index is 1.30. The van der Waals surface area contributed by atoms with Crippen LogP contribution >= 0.6 is 0 Å².